The Bertz CT molecular complexity index is 411. The van der Waals surface area contributed by atoms with Gasteiger partial charge in [-0.25, -0.2) is 0 Å². The zero-order chi connectivity index (χ0) is 12.1. The number of carbonyl (C=O) groups is 2. The summed E-state index contributed by atoms with van der Waals surface area (Å²) in [5.74, 6) is 0.457. The number of benzene rings is 1. The van der Waals surface area contributed by atoms with Crippen molar-refractivity contribution in [2.45, 2.75) is 12.8 Å². The van der Waals surface area contributed by atoms with Crippen LogP contribution in [0.15, 0.2) is 24.3 Å². The molecule has 0 atom stereocenters. The average Bonchev–Trinajstić information content (AvgIpc) is 2.90. The van der Waals surface area contributed by atoms with Crippen LogP contribution >= 0.6 is 0 Å². The quantitative estimate of drug-likeness (QED) is 0.740. The first kappa shape index (κ1) is 11.6. The number of carbonyl (C=O) groups excluding carboxylic acids is 2. The Kier molecular flexibility index (Phi) is 3.75. The first-order chi connectivity index (χ1) is 8.31. The molecule has 1 aromatic rings. The maximum atomic E-state index is 11.7. The number of aldehydes is 1. The Morgan fingerprint density at radius 3 is 2.71 bits per heavy atom. The summed E-state index contributed by atoms with van der Waals surface area (Å²) in [6.07, 6.45) is 2.86. The highest BCUT2D eigenvalue weighted by Crippen LogP contribution is 2.16. The van der Waals surface area contributed by atoms with Crippen LogP contribution in [0.4, 0.5) is 0 Å². The Balaban J connectivity index is 1.92. The Hall–Kier alpha value is -1.84. The summed E-state index contributed by atoms with van der Waals surface area (Å²) in [6, 6.07) is 6.91. The molecule has 0 radical (unpaired) electrons. The zero-order valence-corrected chi connectivity index (χ0v) is 9.59. The molecule has 1 heterocycles. The van der Waals surface area contributed by atoms with Gasteiger partial charge in [-0.3, -0.25) is 9.59 Å². The Morgan fingerprint density at radius 2 is 2.00 bits per heavy atom. The van der Waals surface area contributed by atoms with Gasteiger partial charge in [0.05, 0.1) is 5.56 Å². The van der Waals surface area contributed by atoms with E-state index >= 15 is 0 Å². The molecule has 1 aliphatic heterocycles. The predicted molar refractivity (Wildman–Crippen MR) is 63.1 cm³/mol. The number of hydrogen-bond acceptors (Lipinski definition) is 3. The van der Waals surface area contributed by atoms with Gasteiger partial charge in [-0.05, 0) is 25.0 Å². The third-order valence-corrected chi connectivity index (χ3v) is 2.86. The molecule has 4 heteroatoms. The summed E-state index contributed by atoms with van der Waals surface area (Å²) in [5, 5.41) is 0. The lowest BCUT2D eigenvalue weighted by Gasteiger charge is -2.15. The number of ether oxygens (including phenoxy) is 1. The lowest BCUT2D eigenvalue weighted by atomic mass is 10.2. The first-order valence-electron chi connectivity index (χ1n) is 5.76. The van der Waals surface area contributed by atoms with Crippen molar-refractivity contribution in [3.05, 3.63) is 29.8 Å². The molecule has 0 spiro atoms. The molecule has 1 fully saturated rings. The molecule has 0 unspecified atom stereocenters. The SMILES string of the molecule is O=Cc1ccccc1OCC(=O)N1CCCC1. The molecule has 0 aromatic heterocycles. The first-order valence-corrected chi connectivity index (χ1v) is 5.76. The molecule has 4 nitrogen and oxygen atoms in total. The van der Waals surface area contributed by atoms with E-state index in [1.54, 1.807) is 29.2 Å². The second-order valence-corrected chi connectivity index (χ2v) is 4.03. The van der Waals surface area contributed by atoms with E-state index in [-0.39, 0.29) is 12.5 Å². The molecule has 1 amide bonds. The number of rotatable bonds is 4. The topological polar surface area (TPSA) is 46.6 Å². The van der Waals surface area contributed by atoms with Crippen molar-refractivity contribution in [2.24, 2.45) is 0 Å². The molecule has 0 saturated carbocycles. The van der Waals surface area contributed by atoms with Crippen LogP contribution < -0.4 is 4.74 Å². The second-order valence-electron chi connectivity index (χ2n) is 4.03. The predicted octanol–water partition coefficient (Wildman–Crippen LogP) is 1.50. The van der Waals surface area contributed by atoms with E-state index < -0.39 is 0 Å². The number of amides is 1. The molecule has 0 aliphatic carbocycles. The summed E-state index contributed by atoms with van der Waals surface area (Å²) in [6.45, 7) is 1.64. The van der Waals surface area contributed by atoms with Gasteiger partial charge in [0.2, 0.25) is 0 Å². The average molecular weight is 233 g/mol. The van der Waals surface area contributed by atoms with Crippen LogP contribution in [0.1, 0.15) is 23.2 Å². The van der Waals surface area contributed by atoms with Gasteiger partial charge in [0.15, 0.2) is 12.9 Å². The van der Waals surface area contributed by atoms with Crippen molar-refractivity contribution in [3.63, 3.8) is 0 Å². The molecule has 1 saturated heterocycles. The third kappa shape index (κ3) is 2.84. The van der Waals surface area contributed by atoms with Gasteiger partial charge in [0, 0.05) is 13.1 Å². The smallest absolute Gasteiger partial charge is 0.260 e. The minimum atomic E-state index is -0.0109. The van der Waals surface area contributed by atoms with Gasteiger partial charge >= 0.3 is 0 Å². The van der Waals surface area contributed by atoms with Gasteiger partial charge in [-0.1, -0.05) is 12.1 Å². The lowest BCUT2D eigenvalue weighted by molar-refractivity contribution is -0.132. The fourth-order valence-electron chi connectivity index (χ4n) is 1.91. The zero-order valence-electron chi connectivity index (χ0n) is 9.59. The van der Waals surface area contributed by atoms with Gasteiger partial charge < -0.3 is 9.64 Å². The molecule has 17 heavy (non-hydrogen) atoms. The van der Waals surface area contributed by atoms with Crippen molar-refractivity contribution in [1.29, 1.82) is 0 Å². The van der Waals surface area contributed by atoms with E-state index in [1.807, 2.05) is 0 Å². The highest BCUT2D eigenvalue weighted by molar-refractivity contribution is 5.80. The van der Waals surface area contributed by atoms with Crippen LogP contribution in [0.3, 0.4) is 0 Å². The second kappa shape index (κ2) is 5.48. The third-order valence-electron chi connectivity index (χ3n) is 2.86. The van der Waals surface area contributed by atoms with Crippen LogP contribution in [0, 0.1) is 0 Å². The summed E-state index contributed by atoms with van der Waals surface area (Å²) >= 11 is 0. The van der Waals surface area contributed by atoms with Gasteiger partial charge in [0.1, 0.15) is 5.75 Å². The maximum Gasteiger partial charge on any atom is 0.260 e. The van der Waals surface area contributed by atoms with Crippen LogP contribution in [-0.4, -0.2) is 36.8 Å². The highest BCUT2D eigenvalue weighted by Gasteiger charge is 2.18. The number of likely N-dealkylation sites (tertiary alicyclic amines) is 1. The summed E-state index contributed by atoms with van der Waals surface area (Å²) < 4.78 is 5.38. The molecule has 1 aliphatic rings. The minimum absolute atomic E-state index is 0.00481. The molecular formula is C13H15NO3. The van der Waals surface area contributed by atoms with Crippen molar-refractivity contribution in [3.8, 4) is 5.75 Å². The normalized spacial score (nSPS) is 14.7. The van der Waals surface area contributed by atoms with E-state index in [0.717, 1.165) is 32.2 Å². The van der Waals surface area contributed by atoms with Crippen LogP contribution in [0.25, 0.3) is 0 Å². The van der Waals surface area contributed by atoms with Gasteiger partial charge in [0.25, 0.3) is 5.91 Å². The molecule has 0 bridgehead atoms. The molecule has 2 rings (SSSR count). The van der Waals surface area contributed by atoms with Crippen molar-refractivity contribution >= 4 is 12.2 Å². The summed E-state index contributed by atoms with van der Waals surface area (Å²) in [4.78, 5) is 24.3. The molecule has 0 N–H and O–H groups in total. The van der Waals surface area contributed by atoms with E-state index in [4.69, 9.17) is 4.74 Å². The van der Waals surface area contributed by atoms with Crippen LogP contribution in [0.2, 0.25) is 0 Å². The van der Waals surface area contributed by atoms with Crippen molar-refractivity contribution in [1.82, 2.24) is 4.90 Å². The Labute approximate surface area is 100 Å². The monoisotopic (exact) mass is 233 g/mol. The number of nitrogens with zero attached hydrogens (tertiary/aromatic N) is 1. The minimum Gasteiger partial charge on any atom is -0.483 e. The molecular weight excluding hydrogens is 218 g/mol. The number of hydrogen-bond donors (Lipinski definition) is 0. The maximum absolute atomic E-state index is 11.7. The fourth-order valence-corrected chi connectivity index (χ4v) is 1.91. The van der Waals surface area contributed by atoms with Crippen molar-refractivity contribution < 1.29 is 14.3 Å². The van der Waals surface area contributed by atoms with Crippen LogP contribution in [0.5, 0.6) is 5.75 Å². The van der Waals surface area contributed by atoms with Gasteiger partial charge in [-0.2, -0.15) is 0 Å². The summed E-state index contributed by atoms with van der Waals surface area (Å²) in [7, 11) is 0. The Morgan fingerprint density at radius 1 is 1.29 bits per heavy atom. The molecule has 1 aromatic carbocycles. The number of para-hydroxylation sites is 1. The van der Waals surface area contributed by atoms with E-state index in [2.05, 4.69) is 0 Å². The van der Waals surface area contributed by atoms with E-state index in [9.17, 15) is 9.59 Å². The van der Waals surface area contributed by atoms with E-state index in [1.165, 1.54) is 0 Å². The highest BCUT2D eigenvalue weighted by atomic mass is 16.5. The van der Waals surface area contributed by atoms with Gasteiger partial charge in [-0.15, -0.1) is 0 Å². The van der Waals surface area contributed by atoms with Crippen LogP contribution in [-0.2, 0) is 4.79 Å². The van der Waals surface area contributed by atoms with E-state index in [0.29, 0.717) is 11.3 Å². The fraction of sp³-hybridized carbons (Fsp3) is 0.385. The lowest BCUT2D eigenvalue weighted by Crippen LogP contribution is -2.32. The van der Waals surface area contributed by atoms with Crippen molar-refractivity contribution in [2.75, 3.05) is 19.7 Å². The standard InChI is InChI=1S/C13H15NO3/c15-9-11-5-1-2-6-12(11)17-10-13(16)14-7-3-4-8-14/h1-2,5-6,9H,3-4,7-8,10H2. The largest absolute Gasteiger partial charge is 0.483 e. The molecule has 90 valence electrons. The summed E-state index contributed by atoms with van der Waals surface area (Å²) in [5.41, 5.74) is 0.474.